The van der Waals surface area contributed by atoms with Crippen molar-refractivity contribution in [3.8, 4) is 0 Å². The number of aliphatic hydroxyl groups excluding tert-OH is 1. The van der Waals surface area contributed by atoms with Gasteiger partial charge in [-0.15, -0.1) is 0 Å². The van der Waals surface area contributed by atoms with Gasteiger partial charge < -0.3 is 14.6 Å². The first-order valence-electron chi connectivity index (χ1n) is 5.43. The summed E-state index contributed by atoms with van der Waals surface area (Å²) in [7, 11) is 1.55. The number of aliphatic hydroxyl groups is 1. The lowest BCUT2D eigenvalue weighted by molar-refractivity contribution is -0.112. The molecule has 0 aliphatic heterocycles. The lowest BCUT2D eigenvalue weighted by Gasteiger charge is -2.16. The van der Waals surface area contributed by atoms with Crippen molar-refractivity contribution >= 4 is 6.29 Å². The first-order chi connectivity index (χ1) is 7.80. The summed E-state index contributed by atoms with van der Waals surface area (Å²) < 4.78 is 5.06. The fourth-order valence-corrected chi connectivity index (χ4v) is 1.69. The Morgan fingerprint density at radius 2 is 2.06 bits per heavy atom. The fraction of sp³-hybridized carbons (Fsp3) is 0.462. The normalized spacial score (nSPS) is 14.4. The largest absolute Gasteiger partial charge is 0.394 e. The number of methoxy groups -OCH3 is 1. The quantitative estimate of drug-likeness (QED) is 0.710. The van der Waals surface area contributed by atoms with Crippen LogP contribution in [0.2, 0.25) is 0 Å². The number of carbonyl (C=O) groups is 1. The number of hydrogen-bond donors (Lipinski definition) is 1. The number of ether oxygens (including phenoxy) is 1. The van der Waals surface area contributed by atoms with Crippen molar-refractivity contribution in [2.24, 2.45) is 5.92 Å². The van der Waals surface area contributed by atoms with Crippen molar-refractivity contribution < 1.29 is 14.6 Å². The summed E-state index contributed by atoms with van der Waals surface area (Å²) in [5.41, 5.74) is 1.13. The maximum absolute atomic E-state index is 10.9. The van der Waals surface area contributed by atoms with Crippen LogP contribution in [0.15, 0.2) is 30.3 Å². The van der Waals surface area contributed by atoms with E-state index in [0.717, 1.165) is 11.8 Å². The Morgan fingerprint density at radius 3 is 2.56 bits per heavy atom. The fourth-order valence-electron chi connectivity index (χ4n) is 1.69. The molecule has 0 saturated heterocycles. The van der Waals surface area contributed by atoms with Gasteiger partial charge in [0.1, 0.15) is 6.29 Å². The van der Waals surface area contributed by atoms with E-state index in [4.69, 9.17) is 9.84 Å². The van der Waals surface area contributed by atoms with Crippen molar-refractivity contribution in [2.75, 3.05) is 13.7 Å². The number of benzene rings is 1. The van der Waals surface area contributed by atoms with Gasteiger partial charge in [-0.3, -0.25) is 0 Å². The van der Waals surface area contributed by atoms with Crippen LogP contribution in [0.4, 0.5) is 0 Å². The Balaban J connectivity index is 2.52. The molecule has 3 heteroatoms. The van der Waals surface area contributed by atoms with Crippen LogP contribution >= 0.6 is 0 Å². The molecule has 0 radical (unpaired) electrons. The molecule has 0 fully saturated rings. The van der Waals surface area contributed by atoms with Gasteiger partial charge in [0.15, 0.2) is 0 Å². The summed E-state index contributed by atoms with van der Waals surface area (Å²) in [5, 5.41) is 9.00. The highest BCUT2D eigenvalue weighted by atomic mass is 16.5. The van der Waals surface area contributed by atoms with Gasteiger partial charge >= 0.3 is 0 Å². The Kier molecular flexibility index (Phi) is 5.75. The van der Waals surface area contributed by atoms with Crippen molar-refractivity contribution in [3.05, 3.63) is 35.9 Å². The maximum atomic E-state index is 10.9. The molecule has 2 unspecified atom stereocenters. The zero-order chi connectivity index (χ0) is 11.8. The first-order valence-corrected chi connectivity index (χ1v) is 5.43. The molecule has 1 N–H and O–H groups in total. The monoisotopic (exact) mass is 222 g/mol. The SMILES string of the molecule is COC(CO)CC(C=O)Cc1ccccc1. The molecule has 1 rings (SSSR count). The summed E-state index contributed by atoms with van der Waals surface area (Å²) in [5.74, 6) is -0.0977. The van der Waals surface area contributed by atoms with Gasteiger partial charge in [-0.2, -0.15) is 0 Å². The van der Waals surface area contributed by atoms with Crippen LogP contribution in [-0.2, 0) is 16.0 Å². The van der Waals surface area contributed by atoms with E-state index in [1.807, 2.05) is 30.3 Å². The molecular weight excluding hydrogens is 204 g/mol. The van der Waals surface area contributed by atoms with Crippen LogP contribution in [0, 0.1) is 5.92 Å². The lowest BCUT2D eigenvalue weighted by Crippen LogP contribution is -2.22. The second kappa shape index (κ2) is 7.14. The van der Waals surface area contributed by atoms with Crippen LogP contribution in [0.3, 0.4) is 0 Å². The van der Waals surface area contributed by atoms with Crippen molar-refractivity contribution in [3.63, 3.8) is 0 Å². The summed E-state index contributed by atoms with van der Waals surface area (Å²) in [6.45, 7) is -0.0460. The topological polar surface area (TPSA) is 46.5 Å². The molecular formula is C13H18O3. The molecule has 0 bridgehead atoms. The molecule has 0 aliphatic rings. The predicted octanol–water partition coefficient (Wildman–Crippen LogP) is 1.44. The Hall–Kier alpha value is -1.19. The van der Waals surface area contributed by atoms with Crippen LogP contribution < -0.4 is 0 Å². The summed E-state index contributed by atoms with van der Waals surface area (Å²) in [4.78, 5) is 10.9. The average Bonchev–Trinajstić information content (AvgIpc) is 2.35. The van der Waals surface area contributed by atoms with Crippen LogP contribution in [0.1, 0.15) is 12.0 Å². The minimum Gasteiger partial charge on any atom is -0.394 e. The predicted molar refractivity (Wildman–Crippen MR) is 62.2 cm³/mol. The summed E-state index contributed by atoms with van der Waals surface area (Å²) in [6.07, 6.45) is 1.95. The molecule has 16 heavy (non-hydrogen) atoms. The molecule has 0 heterocycles. The summed E-state index contributed by atoms with van der Waals surface area (Å²) >= 11 is 0. The Morgan fingerprint density at radius 1 is 1.38 bits per heavy atom. The van der Waals surface area contributed by atoms with Crippen LogP contribution in [0.5, 0.6) is 0 Å². The molecule has 0 saturated carbocycles. The third-order valence-corrected chi connectivity index (χ3v) is 2.64. The maximum Gasteiger partial charge on any atom is 0.123 e. The van der Waals surface area contributed by atoms with Crippen LogP contribution in [0.25, 0.3) is 0 Å². The molecule has 3 nitrogen and oxygen atoms in total. The second-order valence-electron chi connectivity index (χ2n) is 3.86. The highest BCUT2D eigenvalue weighted by Gasteiger charge is 2.15. The zero-order valence-corrected chi connectivity index (χ0v) is 9.50. The average molecular weight is 222 g/mol. The van der Waals surface area contributed by atoms with Crippen molar-refractivity contribution in [1.82, 2.24) is 0 Å². The molecule has 1 aromatic rings. The van der Waals surface area contributed by atoms with Gasteiger partial charge in [0.05, 0.1) is 12.7 Å². The van der Waals surface area contributed by atoms with Gasteiger partial charge in [0.25, 0.3) is 0 Å². The molecule has 0 aromatic heterocycles. The van der Waals surface area contributed by atoms with E-state index in [9.17, 15) is 4.79 Å². The lowest BCUT2D eigenvalue weighted by atomic mass is 9.95. The van der Waals surface area contributed by atoms with Gasteiger partial charge in [0, 0.05) is 13.0 Å². The van der Waals surface area contributed by atoms with E-state index in [1.54, 1.807) is 7.11 Å². The van der Waals surface area contributed by atoms with Crippen molar-refractivity contribution in [2.45, 2.75) is 18.9 Å². The molecule has 1 aromatic carbocycles. The Bertz CT molecular complexity index is 293. The number of aldehydes is 1. The number of rotatable bonds is 7. The van der Waals surface area contributed by atoms with Gasteiger partial charge in [0.2, 0.25) is 0 Å². The third-order valence-electron chi connectivity index (χ3n) is 2.64. The third kappa shape index (κ3) is 4.13. The number of hydrogen-bond acceptors (Lipinski definition) is 3. The molecule has 2 atom stereocenters. The van der Waals surface area contributed by atoms with Crippen molar-refractivity contribution in [1.29, 1.82) is 0 Å². The molecule has 88 valence electrons. The standard InChI is InChI=1S/C13H18O3/c1-16-13(10-15)8-12(9-14)7-11-5-3-2-4-6-11/h2-6,9,12-13,15H,7-8,10H2,1H3. The van der Waals surface area contributed by atoms with Crippen LogP contribution in [-0.4, -0.2) is 31.2 Å². The van der Waals surface area contributed by atoms with E-state index >= 15 is 0 Å². The smallest absolute Gasteiger partial charge is 0.123 e. The Labute approximate surface area is 96.1 Å². The van der Waals surface area contributed by atoms with E-state index in [-0.39, 0.29) is 18.6 Å². The van der Waals surface area contributed by atoms with Gasteiger partial charge in [-0.1, -0.05) is 30.3 Å². The van der Waals surface area contributed by atoms with Gasteiger partial charge in [-0.25, -0.2) is 0 Å². The second-order valence-corrected chi connectivity index (χ2v) is 3.86. The highest BCUT2D eigenvalue weighted by Crippen LogP contribution is 2.13. The van der Waals surface area contributed by atoms with E-state index in [2.05, 4.69) is 0 Å². The minimum absolute atomic E-state index is 0.0460. The van der Waals surface area contributed by atoms with E-state index < -0.39 is 0 Å². The van der Waals surface area contributed by atoms with E-state index in [0.29, 0.717) is 12.8 Å². The minimum atomic E-state index is -0.251. The van der Waals surface area contributed by atoms with E-state index in [1.165, 1.54) is 0 Å². The first kappa shape index (κ1) is 12.9. The summed E-state index contributed by atoms with van der Waals surface area (Å²) in [6, 6.07) is 9.85. The zero-order valence-electron chi connectivity index (χ0n) is 9.50. The number of carbonyl (C=O) groups excluding carboxylic acids is 1. The molecule has 0 aliphatic carbocycles. The molecule has 0 amide bonds. The van der Waals surface area contributed by atoms with Gasteiger partial charge in [-0.05, 0) is 18.4 Å². The molecule has 0 spiro atoms. The highest BCUT2D eigenvalue weighted by molar-refractivity contribution is 5.54.